The maximum absolute atomic E-state index is 12.8. The van der Waals surface area contributed by atoms with E-state index in [1.54, 1.807) is 20.8 Å². The van der Waals surface area contributed by atoms with Crippen LogP contribution in [0.4, 0.5) is 0 Å². The minimum atomic E-state index is -0.903. The fourth-order valence-electron chi connectivity index (χ4n) is 5.47. The molecule has 0 aromatic carbocycles. The van der Waals surface area contributed by atoms with Crippen LogP contribution in [0.3, 0.4) is 0 Å². The van der Waals surface area contributed by atoms with Crippen LogP contribution in [0.5, 0.6) is 0 Å². The van der Waals surface area contributed by atoms with E-state index in [-0.39, 0.29) is 44.1 Å². The molecule has 1 unspecified atom stereocenters. The molecule has 4 N–H and O–H groups in total. The lowest BCUT2D eigenvalue weighted by Crippen LogP contribution is -2.44. The molecule has 54 heavy (non-hydrogen) atoms. The average molecular weight is 775 g/mol. The Morgan fingerprint density at radius 1 is 0.481 bits per heavy atom. The molecule has 316 valence electrons. The topological polar surface area (TPSA) is 196 Å². The van der Waals surface area contributed by atoms with Crippen LogP contribution in [0.15, 0.2) is 0 Å². The second kappa shape index (κ2) is 35.9. The van der Waals surface area contributed by atoms with Crippen molar-refractivity contribution in [1.82, 2.24) is 10.6 Å². The standard InChI is InChI=1S/C40H74N2O12/c1-40(2,3)54-39(49)34(22-23-35(43)41-25-27-51-29-31-53-33-32-52-30-28-50-26-24-38(47)48)42-36(44)20-18-16-14-12-10-8-6-4-5-7-9-11-13-15-17-19-21-37(45)46/h34H,4-33H2,1-3H3,(H,41,43)(H,42,44)(H,45,46)(H,47,48). The fourth-order valence-corrected chi connectivity index (χ4v) is 5.47. The van der Waals surface area contributed by atoms with E-state index in [2.05, 4.69) is 10.6 Å². The molecule has 0 fully saturated rings. The number of amides is 2. The van der Waals surface area contributed by atoms with Crippen molar-refractivity contribution in [1.29, 1.82) is 0 Å². The Labute approximate surface area is 324 Å². The van der Waals surface area contributed by atoms with Gasteiger partial charge in [0, 0.05) is 25.8 Å². The first-order valence-electron chi connectivity index (χ1n) is 20.4. The van der Waals surface area contributed by atoms with Crippen LogP contribution in [-0.2, 0) is 47.7 Å². The van der Waals surface area contributed by atoms with Crippen molar-refractivity contribution in [2.24, 2.45) is 0 Å². The summed E-state index contributed by atoms with van der Waals surface area (Å²) in [5.74, 6) is -2.61. The molecule has 2 amide bonds. The maximum atomic E-state index is 12.8. The zero-order valence-electron chi connectivity index (χ0n) is 33.8. The van der Waals surface area contributed by atoms with Gasteiger partial charge < -0.3 is 44.5 Å². The first kappa shape index (κ1) is 51.2. The summed E-state index contributed by atoms with van der Waals surface area (Å²) in [4.78, 5) is 58.9. The van der Waals surface area contributed by atoms with Crippen molar-refractivity contribution in [2.75, 3.05) is 59.4 Å². The molecule has 0 aliphatic carbocycles. The summed E-state index contributed by atoms with van der Waals surface area (Å²) in [6.07, 6.45) is 19.0. The molecule has 0 spiro atoms. The number of unbranched alkanes of at least 4 members (excludes halogenated alkanes) is 15. The Balaban J connectivity index is 3.95. The van der Waals surface area contributed by atoms with E-state index in [1.165, 1.54) is 57.8 Å². The molecule has 0 saturated carbocycles. The van der Waals surface area contributed by atoms with Crippen LogP contribution in [0, 0.1) is 0 Å². The summed E-state index contributed by atoms with van der Waals surface area (Å²) in [5, 5.41) is 22.8. The minimum Gasteiger partial charge on any atom is -0.481 e. The number of carboxylic acids is 2. The van der Waals surface area contributed by atoms with Gasteiger partial charge in [0.25, 0.3) is 0 Å². The summed E-state index contributed by atoms with van der Waals surface area (Å²) in [6, 6.07) is -0.903. The molecule has 0 rings (SSSR count). The van der Waals surface area contributed by atoms with Gasteiger partial charge in [0.05, 0.1) is 59.3 Å². The van der Waals surface area contributed by atoms with Crippen LogP contribution < -0.4 is 10.6 Å². The van der Waals surface area contributed by atoms with Gasteiger partial charge >= 0.3 is 17.9 Å². The Morgan fingerprint density at radius 3 is 1.30 bits per heavy atom. The van der Waals surface area contributed by atoms with E-state index in [0.29, 0.717) is 59.2 Å². The third-order valence-electron chi connectivity index (χ3n) is 8.38. The molecule has 0 saturated heterocycles. The maximum Gasteiger partial charge on any atom is 0.329 e. The number of carboxylic acid groups (broad SMARTS) is 2. The number of hydrogen-bond acceptors (Lipinski definition) is 10. The average Bonchev–Trinajstić information content (AvgIpc) is 3.10. The minimum absolute atomic E-state index is 0.0328. The number of esters is 1. The predicted octanol–water partition coefficient (Wildman–Crippen LogP) is 6.36. The number of rotatable bonds is 39. The lowest BCUT2D eigenvalue weighted by Gasteiger charge is -2.24. The highest BCUT2D eigenvalue weighted by molar-refractivity contribution is 5.85. The number of carbonyl (C=O) groups excluding carboxylic acids is 3. The first-order valence-corrected chi connectivity index (χ1v) is 20.4. The molecule has 0 heterocycles. The van der Waals surface area contributed by atoms with E-state index in [0.717, 1.165) is 44.9 Å². The van der Waals surface area contributed by atoms with Crippen LogP contribution in [0.25, 0.3) is 0 Å². The fraction of sp³-hybridized carbons (Fsp3) is 0.875. The number of carbonyl (C=O) groups is 5. The van der Waals surface area contributed by atoms with E-state index >= 15 is 0 Å². The quantitative estimate of drug-likeness (QED) is 0.0399. The van der Waals surface area contributed by atoms with Crippen molar-refractivity contribution in [3.8, 4) is 0 Å². The van der Waals surface area contributed by atoms with Gasteiger partial charge in [0.1, 0.15) is 11.6 Å². The van der Waals surface area contributed by atoms with Gasteiger partial charge in [-0.3, -0.25) is 19.2 Å². The molecule has 0 aromatic heterocycles. The smallest absolute Gasteiger partial charge is 0.329 e. The number of hydrogen-bond donors (Lipinski definition) is 4. The highest BCUT2D eigenvalue weighted by Gasteiger charge is 2.27. The van der Waals surface area contributed by atoms with Gasteiger partial charge in [0.2, 0.25) is 11.8 Å². The summed E-state index contributed by atoms with van der Waals surface area (Å²) < 4.78 is 26.8. The van der Waals surface area contributed by atoms with Gasteiger partial charge in [-0.2, -0.15) is 0 Å². The van der Waals surface area contributed by atoms with Crippen LogP contribution in [0.2, 0.25) is 0 Å². The zero-order chi connectivity index (χ0) is 40.1. The van der Waals surface area contributed by atoms with Gasteiger partial charge in [-0.15, -0.1) is 0 Å². The molecule has 0 aliphatic rings. The predicted molar refractivity (Wildman–Crippen MR) is 206 cm³/mol. The third kappa shape index (κ3) is 38.9. The molecule has 0 bridgehead atoms. The Morgan fingerprint density at radius 2 is 0.870 bits per heavy atom. The second-order valence-corrected chi connectivity index (χ2v) is 14.7. The SMILES string of the molecule is CC(C)(C)OC(=O)C(CCC(=O)NCCOCCOCCOCCOCCC(=O)O)NC(=O)CCCCCCCCCCCCCCCCCCC(=O)O. The largest absolute Gasteiger partial charge is 0.481 e. The summed E-state index contributed by atoms with van der Waals surface area (Å²) in [5.41, 5.74) is -0.720. The monoisotopic (exact) mass is 775 g/mol. The van der Waals surface area contributed by atoms with Crippen molar-refractivity contribution >= 4 is 29.7 Å². The summed E-state index contributed by atoms with van der Waals surface area (Å²) in [6.45, 7) is 8.22. The Kier molecular flexibility index (Phi) is 34.0. The van der Waals surface area contributed by atoms with Gasteiger partial charge in [-0.1, -0.05) is 89.9 Å². The first-order chi connectivity index (χ1) is 25.9. The third-order valence-corrected chi connectivity index (χ3v) is 8.38. The lowest BCUT2D eigenvalue weighted by molar-refractivity contribution is -0.159. The molecule has 1 atom stereocenters. The van der Waals surface area contributed by atoms with Crippen LogP contribution in [-0.4, -0.2) is 111 Å². The highest BCUT2D eigenvalue weighted by Crippen LogP contribution is 2.15. The number of aliphatic carboxylic acids is 2. The summed E-state index contributed by atoms with van der Waals surface area (Å²) in [7, 11) is 0. The van der Waals surface area contributed by atoms with E-state index < -0.39 is 29.6 Å². The van der Waals surface area contributed by atoms with Crippen molar-refractivity contribution in [3.05, 3.63) is 0 Å². The molecular formula is C40H74N2O12. The van der Waals surface area contributed by atoms with Crippen molar-refractivity contribution in [3.63, 3.8) is 0 Å². The van der Waals surface area contributed by atoms with Gasteiger partial charge in [0.15, 0.2) is 0 Å². The van der Waals surface area contributed by atoms with E-state index in [9.17, 15) is 24.0 Å². The zero-order valence-corrected chi connectivity index (χ0v) is 33.8. The Hall–Kier alpha value is -2.81. The number of ether oxygens (including phenoxy) is 5. The second-order valence-electron chi connectivity index (χ2n) is 14.7. The lowest BCUT2D eigenvalue weighted by atomic mass is 10.0. The normalized spacial score (nSPS) is 12.0. The Bertz CT molecular complexity index is 973. The molecular weight excluding hydrogens is 700 g/mol. The van der Waals surface area contributed by atoms with Gasteiger partial charge in [-0.05, 0) is 40.0 Å². The van der Waals surface area contributed by atoms with E-state index in [1.807, 2.05) is 0 Å². The van der Waals surface area contributed by atoms with Crippen molar-refractivity contribution < 1.29 is 57.9 Å². The molecule has 14 heteroatoms. The van der Waals surface area contributed by atoms with Crippen LogP contribution in [0.1, 0.15) is 156 Å². The molecule has 14 nitrogen and oxygen atoms in total. The highest BCUT2D eigenvalue weighted by atomic mass is 16.6. The molecule has 0 aliphatic heterocycles. The molecule has 0 radical (unpaired) electrons. The van der Waals surface area contributed by atoms with E-state index in [4.69, 9.17) is 33.9 Å². The molecule has 0 aromatic rings. The van der Waals surface area contributed by atoms with Crippen LogP contribution >= 0.6 is 0 Å². The number of nitrogens with one attached hydrogen (secondary N) is 2. The van der Waals surface area contributed by atoms with Crippen molar-refractivity contribution in [2.45, 2.75) is 167 Å². The summed E-state index contributed by atoms with van der Waals surface area (Å²) >= 11 is 0. The van der Waals surface area contributed by atoms with Gasteiger partial charge in [-0.25, -0.2) is 4.79 Å².